The lowest BCUT2D eigenvalue weighted by Crippen LogP contribution is -2.33. The highest BCUT2D eigenvalue weighted by Crippen LogP contribution is 2.33. The highest BCUT2D eigenvalue weighted by Gasteiger charge is 2.25. The first-order valence-electron chi connectivity index (χ1n) is 8.15. The van der Waals surface area contributed by atoms with Gasteiger partial charge in [-0.1, -0.05) is 37.8 Å². The fraction of sp³-hybridized carbons (Fsp3) is 0.529. The largest absolute Gasteiger partial charge is 0.367 e. The number of carbonyl (C=O) groups excluding carboxylic acids is 1. The van der Waals surface area contributed by atoms with Crippen LogP contribution in [-0.4, -0.2) is 17.1 Å². The molecule has 0 aliphatic carbocycles. The van der Waals surface area contributed by atoms with Gasteiger partial charge in [0, 0.05) is 6.04 Å². The number of nitrogen functional groups attached to an aromatic ring is 1. The molecule has 2 aromatic rings. The zero-order valence-corrected chi connectivity index (χ0v) is 14.8. The summed E-state index contributed by atoms with van der Waals surface area (Å²) < 4.78 is 5.06. The van der Waals surface area contributed by atoms with Gasteiger partial charge in [0.05, 0.1) is 4.88 Å². The van der Waals surface area contributed by atoms with Crippen LogP contribution >= 0.6 is 11.3 Å². The third-order valence-corrected chi connectivity index (χ3v) is 4.91. The van der Waals surface area contributed by atoms with Gasteiger partial charge in [-0.25, -0.2) is 0 Å². The molecule has 0 aliphatic rings. The molecule has 2 aromatic heterocycles. The van der Waals surface area contributed by atoms with E-state index in [-0.39, 0.29) is 17.8 Å². The highest BCUT2D eigenvalue weighted by molar-refractivity contribution is 7.13. The van der Waals surface area contributed by atoms with Gasteiger partial charge in [0.25, 0.3) is 5.91 Å². The molecule has 0 radical (unpaired) electrons. The fourth-order valence-electron chi connectivity index (χ4n) is 2.54. The molecule has 1 unspecified atom stereocenters. The van der Waals surface area contributed by atoms with E-state index >= 15 is 0 Å². The van der Waals surface area contributed by atoms with Gasteiger partial charge in [0.15, 0.2) is 0 Å². The first kappa shape index (κ1) is 17.5. The Kier molecular flexibility index (Phi) is 6.21. The average molecular weight is 335 g/mol. The zero-order chi connectivity index (χ0) is 16.8. The minimum Gasteiger partial charge on any atom is -0.367 e. The Morgan fingerprint density at radius 1 is 1.43 bits per heavy atom. The molecular weight excluding hydrogens is 310 g/mol. The van der Waals surface area contributed by atoms with Crippen molar-refractivity contribution in [2.75, 3.05) is 5.73 Å². The number of hydrogen-bond acceptors (Lipinski definition) is 5. The lowest BCUT2D eigenvalue weighted by Gasteiger charge is -2.13. The summed E-state index contributed by atoms with van der Waals surface area (Å²) in [5, 5.41) is 8.96. The van der Waals surface area contributed by atoms with Crippen LogP contribution in [0.1, 0.15) is 61.9 Å². The number of nitrogens with two attached hydrogens (primary N) is 1. The van der Waals surface area contributed by atoms with Crippen molar-refractivity contribution >= 4 is 23.1 Å². The van der Waals surface area contributed by atoms with E-state index in [1.54, 1.807) is 0 Å². The molecule has 0 aromatic carbocycles. The molecule has 0 aliphatic heterocycles. The predicted octanol–water partition coefficient (Wildman–Crippen LogP) is 4.38. The minimum absolute atomic E-state index is 0.0727. The van der Waals surface area contributed by atoms with Gasteiger partial charge in [0.2, 0.25) is 5.88 Å². The number of aromatic nitrogens is 1. The van der Waals surface area contributed by atoms with Gasteiger partial charge >= 0.3 is 0 Å². The number of rotatable bonds is 8. The van der Waals surface area contributed by atoms with E-state index < -0.39 is 0 Å². The van der Waals surface area contributed by atoms with Crippen molar-refractivity contribution in [3.05, 3.63) is 22.6 Å². The van der Waals surface area contributed by atoms with Crippen LogP contribution < -0.4 is 11.1 Å². The number of thiophene rings is 1. The predicted molar refractivity (Wildman–Crippen MR) is 94.7 cm³/mol. The summed E-state index contributed by atoms with van der Waals surface area (Å²) in [6, 6.07) is 2.09. The molecule has 0 saturated carbocycles. The molecule has 23 heavy (non-hydrogen) atoms. The second-order valence-corrected chi connectivity index (χ2v) is 6.84. The van der Waals surface area contributed by atoms with E-state index in [9.17, 15) is 4.79 Å². The second-order valence-electron chi connectivity index (χ2n) is 5.93. The minimum atomic E-state index is -0.213. The number of unbranched alkanes of at least 4 members (excludes halogenated alkanes) is 3. The summed E-state index contributed by atoms with van der Waals surface area (Å²) in [4.78, 5) is 13.5. The van der Waals surface area contributed by atoms with Crippen molar-refractivity contribution in [2.24, 2.45) is 0 Å². The Hall–Kier alpha value is -1.82. The molecule has 2 rings (SSSR count). The Bertz CT molecular complexity index is 648. The fourth-order valence-corrected chi connectivity index (χ4v) is 3.45. The number of aryl methyl sites for hydroxylation is 1. The van der Waals surface area contributed by atoms with Gasteiger partial charge in [0.1, 0.15) is 11.3 Å². The maximum atomic E-state index is 12.6. The zero-order valence-electron chi connectivity index (χ0n) is 14.0. The van der Waals surface area contributed by atoms with Crippen LogP contribution in [0.5, 0.6) is 0 Å². The SMILES string of the molecule is CCCCCCC(C)NC(=O)c1c(-c2sccc2C)noc1N. The van der Waals surface area contributed by atoms with Crippen molar-refractivity contribution in [3.63, 3.8) is 0 Å². The number of amides is 1. The number of carbonyl (C=O) groups is 1. The van der Waals surface area contributed by atoms with E-state index in [1.165, 1.54) is 30.6 Å². The van der Waals surface area contributed by atoms with Gasteiger partial charge in [-0.05, 0) is 37.3 Å². The lowest BCUT2D eigenvalue weighted by atomic mass is 10.1. The first-order chi connectivity index (χ1) is 11.0. The maximum Gasteiger partial charge on any atom is 0.259 e. The number of nitrogens with one attached hydrogen (secondary N) is 1. The molecule has 1 atom stereocenters. The van der Waals surface area contributed by atoms with Crippen LogP contribution in [0.25, 0.3) is 10.6 Å². The quantitative estimate of drug-likeness (QED) is 0.701. The van der Waals surface area contributed by atoms with Crippen LogP contribution in [0.15, 0.2) is 16.0 Å². The first-order valence-corrected chi connectivity index (χ1v) is 9.03. The van der Waals surface area contributed by atoms with E-state index in [0.717, 1.165) is 23.3 Å². The maximum absolute atomic E-state index is 12.6. The second kappa shape index (κ2) is 8.15. The standard InChI is InChI=1S/C17H25N3O2S/c1-4-5-6-7-8-12(3)19-17(21)13-14(20-22-16(13)18)15-11(2)9-10-23-15/h9-10,12H,4-8,18H2,1-3H3,(H,19,21). The highest BCUT2D eigenvalue weighted by atomic mass is 32.1. The Labute approximate surface area is 141 Å². The Morgan fingerprint density at radius 2 is 2.22 bits per heavy atom. The summed E-state index contributed by atoms with van der Waals surface area (Å²) in [6.07, 6.45) is 5.73. The Morgan fingerprint density at radius 3 is 2.87 bits per heavy atom. The van der Waals surface area contributed by atoms with Gasteiger partial charge in [-0.15, -0.1) is 11.3 Å². The molecule has 6 heteroatoms. The third-order valence-electron chi connectivity index (χ3n) is 3.89. The summed E-state index contributed by atoms with van der Waals surface area (Å²) in [6.45, 7) is 6.19. The van der Waals surface area contributed by atoms with Crippen molar-refractivity contribution in [1.29, 1.82) is 0 Å². The molecule has 5 nitrogen and oxygen atoms in total. The number of hydrogen-bond donors (Lipinski definition) is 2. The smallest absolute Gasteiger partial charge is 0.259 e. The molecule has 0 saturated heterocycles. The monoisotopic (exact) mass is 335 g/mol. The van der Waals surface area contributed by atoms with Crippen LogP contribution in [0.2, 0.25) is 0 Å². The van der Waals surface area contributed by atoms with Crippen LogP contribution in [0, 0.1) is 6.92 Å². The van der Waals surface area contributed by atoms with Crippen LogP contribution in [0.3, 0.4) is 0 Å². The van der Waals surface area contributed by atoms with Gasteiger partial charge in [-0.3, -0.25) is 4.79 Å². The van der Waals surface area contributed by atoms with E-state index in [2.05, 4.69) is 17.4 Å². The topological polar surface area (TPSA) is 81.2 Å². The van der Waals surface area contributed by atoms with E-state index in [1.807, 2.05) is 25.3 Å². The normalized spacial score (nSPS) is 12.3. The van der Waals surface area contributed by atoms with Crippen molar-refractivity contribution in [1.82, 2.24) is 10.5 Å². The van der Waals surface area contributed by atoms with Crippen molar-refractivity contribution < 1.29 is 9.32 Å². The molecule has 0 spiro atoms. The molecular formula is C17H25N3O2S. The molecule has 2 heterocycles. The summed E-state index contributed by atoms with van der Waals surface area (Å²) in [7, 11) is 0. The summed E-state index contributed by atoms with van der Waals surface area (Å²) in [5.74, 6) is -0.141. The van der Waals surface area contributed by atoms with Gasteiger partial charge < -0.3 is 15.6 Å². The Balaban J connectivity index is 2.05. The van der Waals surface area contributed by atoms with E-state index in [0.29, 0.717) is 11.3 Å². The molecule has 0 fully saturated rings. The number of nitrogens with zero attached hydrogens (tertiary/aromatic N) is 1. The van der Waals surface area contributed by atoms with Crippen LogP contribution in [-0.2, 0) is 0 Å². The lowest BCUT2D eigenvalue weighted by molar-refractivity contribution is 0.0939. The molecule has 126 valence electrons. The molecule has 0 bridgehead atoms. The van der Waals surface area contributed by atoms with Crippen LogP contribution in [0.4, 0.5) is 5.88 Å². The van der Waals surface area contributed by atoms with Crippen molar-refractivity contribution in [2.45, 2.75) is 58.9 Å². The van der Waals surface area contributed by atoms with E-state index in [4.69, 9.17) is 10.3 Å². The summed E-state index contributed by atoms with van der Waals surface area (Å²) >= 11 is 1.53. The summed E-state index contributed by atoms with van der Waals surface area (Å²) in [5.41, 5.74) is 7.77. The molecule has 3 N–H and O–H groups in total. The third kappa shape index (κ3) is 4.34. The molecule has 1 amide bonds. The number of anilines is 1. The average Bonchev–Trinajstić information content (AvgIpc) is 3.09. The van der Waals surface area contributed by atoms with Crippen molar-refractivity contribution in [3.8, 4) is 10.6 Å². The van der Waals surface area contributed by atoms with Gasteiger partial charge in [-0.2, -0.15) is 0 Å².